The zero-order valence-electron chi connectivity index (χ0n) is 8.44. The Morgan fingerprint density at radius 1 is 1.53 bits per heavy atom. The topological polar surface area (TPSA) is 46.5 Å². The van der Waals surface area contributed by atoms with Crippen LogP contribution in [-0.2, 0) is 4.89 Å². The lowest BCUT2D eigenvalue weighted by Crippen LogP contribution is -2.07. The van der Waals surface area contributed by atoms with Gasteiger partial charge >= 0.3 is 5.97 Å². The number of hydrogen-bond acceptors (Lipinski definition) is 3. The zero-order valence-corrected chi connectivity index (χ0v) is 8.44. The molecule has 0 fully saturated rings. The van der Waals surface area contributed by atoms with Crippen LogP contribution in [0.5, 0.6) is 0 Å². The van der Waals surface area contributed by atoms with Crippen molar-refractivity contribution in [3.8, 4) is 0 Å². The molecule has 0 spiro atoms. The van der Waals surface area contributed by atoms with Crippen molar-refractivity contribution in [3.05, 3.63) is 35.4 Å². The molecule has 0 aliphatic heterocycles. The predicted octanol–water partition coefficient (Wildman–Crippen LogP) is 3.13. The number of carbonyl (C=O) groups excluding carboxylic acids is 1. The fourth-order valence-electron chi connectivity index (χ4n) is 1.41. The standard InChI is InChI=1S/C11H13FO3/c1-2-5-10(12)8-6-3-4-7-9(8)11(13)15-14/h3-4,6-7,10,14H,2,5H2,1H3. The third-order valence-corrected chi connectivity index (χ3v) is 2.14. The van der Waals surface area contributed by atoms with E-state index in [-0.39, 0.29) is 11.1 Å². The average molecular weight is 212 g/mol. The summed E-state index contributed by atoms with van der Waals surface area (Å²) in [5.41, 5.74) is 0.333. The van der Waals surface area contributed by atoms with E-state index in [0.717, 1.165) is 0 Å². The van der Waals surface area contributed by atoms with E-state index in [1.807, 2.05) is 6.92 Å². The van der Waals surface area contributed by atoms with Gasteiger partial charge in [0.25, 0.3) is 0 Å². The lowest BCUT2D eigenvalue weighted by Gasteiger charge is -2.10. The van der Waals surface area contributed by atoms with Gasteiger partial charge in [0.15, 0.2) is 0 Å². The normalized spacial score (nSPS) is 12.2. The van der Waals surface area contributed by atoms with Crippen LogP contribution in [0.1, 0.15) is 41.9 Å². The van der Waals surface area contributed by atoms with E-state index < -0.39 is 12.1 Å². The highest BCUT2D eigenvalue weighted by molar-refractivity contribution is 5.90. The summed E-state index contributed by atoms with van der Waals surface area (Å²) in [5, 5.41) is 8.25. The number of hydrogen-bond donors (Lipinski definition) is 1. The van der Waals surface area contributed by atoms with Crippen LogP contribution >= 0.6 is 0 Å². The maximum atomic E-state index is 13.6. The Morgan fingerprint density at radius 3 is 2.80 bits per heavy atom. The summed E-state index contributed by atoms with van der Waals surface area (Å²) in [5.74, 6) is -0.927. The minimum Gasteiger partial charge on any atom is -0.295 e. The highest BCUT2D eigenvalue weighted by Crippen LogP contribution is 2.26. The number of benzene rings is 1. The fourth-order valence-corrected chi connectivity index (χ4v) is 1.41. The van der Waals surface area contributed by atoms with E-state index in [1.54, 1.807) is 12.1 Å². The SMILES string of the molecule is CCCC(F)c1ccccc1C(=O)OO. The lowest BCUT2D eigenvalue weighted by atomic mass is 10.0. The van der Waals surface area contributed by atoms with Gasteiger partial charge in [0.1, 0.15) is 6.17 Å². The summed E-state index contributed by atoms with van der Waals surface area (Å²) in [6, 6.07) is 6.18. The summed E-state index contributed by atoms with van der Waals surface area (Å²) in [6.45, 7) is 1.86. The van der Waals surface area contributed by atoms with Crippen molar-refractivity contribution in [3.63, 3.8) is 0 Å². The molecule has 0 amide bonds. The molecule has 0 saturated heterocycles. The van der Waals surface area contributed by atoms with Crippen LogP contribution in [0.25, 0.3) is 0 Å². The van der Waals surface area contributed by atoms with Crippen molar-refractivity contribution in [1.82, 2.24) is 0 Å². The van der Waals surface area contributed by atoms with E-state index >= 15 is 0 Å². The Hall–Kier alpha value is -1.42. The molecule has 4 heteroatoms. The summed E-state index contributed by atoms with van der Waals surface area (Å²) < 4.78 is 13.6. The predicted molar refractivity (Wildman–Crippen MR) is 53.2 cm³/mol. The van der Waals surface area contributed by atoms with Gasteiger partial charge in [-0.3, -0.25) is 4.89 Å². The van der Waals surface area contributed by atoms with Crippen molar-refractivity contribution in [2.45, 2.75) is 25.9 Å². The first-order chi connectivity index (χ1) is 7.20. The molecule has 15 heavy (non-hydrogen) atoms. The number of alkyl halides is 1. The van der Waals surface area contributed by atoms with Gasteiger partial charge in [0.05, 0.1) is 5.56 Å². The Labute approximate surface area is 87.4 Å². The van der Waals surface area contributed by atoms with Crippen LogP contribution in [0, 0.1) is 0 Å². The third-order valence-electron chi connectivity index (χ3n) is 2.14. The Bertz CT molecular complexity index is 338. The molecule has 0 aliphatic carbocycles. The van der Waals surface area contributed by atoms with Gasteiger partial charge in [-0.25, -0.2) is 9.18 Å². The first-order valence-corrected chi connectivity index (χ1v) is 4.79. The summed E-state index contributed by atoms with van der Waals surface area (Å²) in [4.78, 5) is 14.7. The Kier molecular flexibility index (Phi) is 4.24. The van der Waals surface area contributed by atoms with Gasteiger partial charge < -0.3 is 0 Å². The summed E-state index contributed by atoms with van der Waals surface area (Å²) >= 11 is 0. The van der Waals surface area contributed by atoms with Gasteiger partial charge in [-0.1, -0.05) is 31.5 Å². The second-order valence-electron chi connectivity index (χ2n) is 3.22. The third kappa shape index (κ3) is 2.76. The van der Waals surface area contributed by atoms with E-state index in [2.05, 4.69) is 4.89 Å². The van der Waals surface area contributed by atoms with Crippen LogP contribution in [0.2, 0.25) is 0 Å². The molecule has 0 bridgehead atoms. The molecule has 82 valence electrons. The lowest BCUT2D eigenvalue weighted by molar-refractivity contribution is -0.182. The Balaban J connectivity index is 3.00. The zero-order chi connectivity index (χ0) is 11.3. The quantitative estimate of drug-likeness (QED) is 0.616. The van der Waals surface area contributed by atoms with Gasteiger partial charge in [0, 0.05) is 5.56 Å². The molecular formula is C11H13FO3. The van der Waals surface area contributed by atoms with E-state index in [0.29, 0.717) is 12.8 Å². The molecule has 1 aromatic carbocycles. The van der Waals surface area contributed by atoms with Crippen molar-refractivity contribution < 1.29 is 19.3 Å². The minimum absolute atomic E-state index is 0.0703. The van der Waals surface area contributed by atoms with E-state index in [1.165, 1.54) is 12.1 Å². The molecule has 1 rings (SSSR count). The first kappa shape index (κ1) is 11.7. The number of rotatable bonds is 4. The maximum Gasteiger partial charge on any atom is 0.373 e. The van der Waals surface area contributed by atoms with Crippen molar-refractivity contribution >= 4 is 5.97 Å². The number of carbonyl (C=O) groups is 1. The Morgan fingerprint density at radius 2 is 2.20 bits per heavy atom. The molecule has 0 aliphatic rings. The molecule has 1 atom stereocenters. The van der Waals surface area contributed by atoms with Crippen LogP contribution in [-0.4, -0.2) is 11.2 Å². The van der Waals surface area contributed by atoms with Gasteiger partial charge in [-0.05, 0) is 12.5 Å². The second-order valence-corrected chi connectivity index (χ2v) is 3.22. The summed E-state index contributed by atoms with van der Waals surface area (Å²) in [7, 11) is 0. The van der Waals surface area contributed by atoms with Crippen molar-refractivity contribution in [1.29, 1.82) is 0 Å². The highest BCUT2D eigenvalue weighted by atomic mass is 19.1. The van der Waals surface area contributed by atoms with Crippen molar-refractivity contribution in [2.24, 2.45) is 0 Å². The van der Waals surface area contributed by atoms with E-state index in [4.69, 9.17) is 5.26 Å². The molecule has 3 nitrogen and oxygen atoms in total. The number of halogens is 1. The smallest absolute Gasteiger partial charge is 0.295 e. The maximum absolute atomic E-state index is 13.6. The molecule has 1 N–H and O–H groups in total. The molecule has 0 heterocycles. The molecule has 0 saturated carbocycles. The average Bonchev–Trinajstić information content (AvgIpc) is 2.28. The molecule has 0 aromatic heterocycles. The molecule has 1 unspecified atom stereocenters. The van der Waals surface area contributed by atoms with Crippen LogP contribution < -0.4 is 0 Å². The van der Waals surface area contributed by atoms with Gasteiger partial charge in [0.2, 0.25) is 0 Å². The molecule has 1 aromatic rings. The fraction of sp³-hybridized carbons (Fsp3) is 0.364. The second kappa shape index (κ2) is 5.46. The van der Waals surface area contributed by atoms with Crippen LogP contribution in [0.15, 0.2) is 24.3 Å². The minimum atomic E-state index is -1.20. The van der Waals surface area contributed by atoms with Crippen LogP contribution in [0.4, 0.5) is 4.39 Å². The summed E-state index contributed by atoms with van der Waals surface area (Å²) in [6.07, 6.45) is -0.176. The molecule has 0 radical (unpaired) electrons. The monoisotopic (exact) mass is 212 g/mol. The van der Waals surface area contributed by atoms with Gasteiger partial charge in [-0.15, -0.1) is 0 Å². The highest BCUT2D eigenvalue weighted by Gasteiger charge is 2.18. The first-order valence-electron chi connectivity index (χ1n) is 4.79. The van der Waals surface area contributed by atoms with Crippen molar-refractivity contribution in [2.75, 3.05) is 0 Å². The van der Waals surface area contributed by atoms with Gasteiger partial charge in [-0.2, -0.15) is 5.26 Å². The van der Waals surface area contributed by atoms with Crippen LogP contribution in [0.3, 0.4) is 0 Å². The molecular weight excluding hydrogens is 199 g/mol. The largest absolute Gasteiger partial charge is 0.373 e. The van der Waals surface area contributed by atoms with E-state index in [9.17, 15) is 9.18 Å².